The molecule has 4 aromatic rings. The minimum absolute atomic E-state index is 0. The van der Waals surface area contributed by atoms with Crippen molar-refractivity contribution in [3.63, 3.8) is 0 Å². The van der Waals surface area contributed by atoms with Crippen molar-refractivity contribution in [2.75, 3.05) is 0 Å². The number of aromatic nitrogens is 2. The molecule has 1 aliphatic rings. The molecule has 0 amide bonds. The summed E-state index contributed by atoms with van der Waals surface area (Å²) in [4.78, 5) is 4.11. The third-order valence-electron chi connectivity index (χ3n) is 5.80. The number of phenolic OH excluding ortho intramolecular Hbond substituents is 1. The fraction of sp³-hybridized carbons (Fsp3) is 0.167. The molecule has 5 rings (SSSR count). The number of nitrogens with two attached hydrogens (primary N) is 1. The maximum atomic E-state index is 9.67. The highest BCUT2D eigenvalue weighted by molar-refractivity contribution is 5.85. The minimum atomic E-state index is -0.283. The number of pyridine rings is 1. The van der Waals surface area contributed by atoms with Crippen molar-refractivity contribution in [2.45, 2.75) is 24.3 Å². The summed E-state index contributed by atoms with van der Waals surface area (Å²) in [6.45, 7) is 0. The summed E-state index contributed by atoms with van der Waals surface area (Å²) in [7, 11) is 0. The molecule has 152 valence electrons. The Labute approximate surface area is 181 Å². The lowest BCUT2D eigenvalue weighted by Gasteiger charge is -2.22. The van der Waals surface area contributed by atoms with E-state index < -0.39 is 0 Å². The topological polar surface area (TPSA) is 85.2 Å². The van der Waals surface area contributed by atoms with Gasteiger partial charge in [-0.3, -0.25) is 4.98 Å². The number of halogens is 1. The van der Waals surface area contributed by atoms with Gasteiger partial charge in [-0.05, 0) is 60.4 Å². The molecule has 1 saturated carbocycles. The van der Waals surface area contributed by atoms with Gasteiger partial charge in [0.15, 0.2) is 5.76 Å². The monoisotopic (exact) mass is 419 g/mol. The van der Waals surface area contributed by atoms with Gasteiger partial charge in [0, 0.05) is 24.0 Å². The van der Waals surface area contributed by atoms with Gasteiger partial charge >= 0.3 is 0 Å². The van der Waals surface area contributed by atoms with Crippen LogP contribution in [-0.2, 0) is 5.41 Å². The molecule has 0 spiro atoms. The molecule has 2 heterocycles. The second-order valence-corrected chi connectivity index (χ2v) is 7.56. The zero-order valence-corrected chi connectivity index (χ0v) is 17.0. The average molecular weight is 420 g/mol. The quantitative estimate of drug-likeness (QED) is 0.460. The summed E-state index contributed by atoms with van der Waals surface area (Å²) in [6, 6.07) is 20.9. The molecule has 1 unspecified atom stereocenters. The molecule has 3 N–H and O–H groups in total. The van der Waals surface area contributed by atoms with Gasteiger partial charge in [-0.2, -0.15) is 0 Å². The summed E-state index contributed by atoms with van der Waals surface area (Å²) < 4.78 is 6.00. The lowest BCUT2D eigenvalue weighted by molar-refractivity contribution is 0.333. The van der Waals surface area contributed by atoms with Crippen molar-refractivity contribution in [1.82, 2.24) is 10.1 Å². The first-order chi connectivity index (χ1) is 14.2. The van der Waals surface area contributed by atoms with Gasteiger partial charge in [0.2, 0.25) is 0 Å². The molecule has 2 aromatic carbocycles. The molecule has 30 heavy (non-hydrogen) atoms. The second-order valence-electron chi connectivity index (χ2n) is 7.56. The van der Waals surface area contributed by atoms with Crippen LogP contribution in [0.5, 0.6) is 5.75 Å². The third kappa shape index (κ3) is 3.36. The molecular formula is C24H22ClN3O2. The summed E-state index contributed by atoms with van der Waals surface area (Å²) in [6.07, 6.45) is 5.43. The molecule has 6 heteroatoms. The maximum absolute atomic E-state index is 9.67. The van der Waals surface area contributed by atoms with Gasteiger partial charge in [0.25, 0.3) is 0 Å². The number of hydrogen-bond acceptors (Lipinski definition) is 5. The molecule has 5 nitrogen and oxygen atoms in total. The molecule has 0 radical (unpaired) electrons. The van der Waals surface area contributed by atoms with E-state index >= 15 is 0 Å². The van der Waals surface area contributed by atoms with E-state index in [9.17, 15) is 5.11 Å². The van der Waals surface area contributed by atoms with Crippen LogP contribution in [0, 0.1) is 0 Å². The molecule has 0 saturated heterocycles. The second kappa shape index (κ2) is 7.94. The number of nitrogens with zero attached hydrogens (tertiary/aromatic N) is 2. The summed E-state index contributed by atoms with van der Waals surface area (Å²) >= 11 is 0. The fourth-order valence-electron chi connectivity index (χ4n) is 4.02. The zero-order chi connectivity index (χ0) is 19.8. The highest BCUT2D eigenvalue weighted by atomic mass is 35.5. The molecule has 1 fully saturated rings. The largest absolute Gasteiger partial charge is 0.508 e. The van der Waals surface area contributed by atoms with Crippen LogP contribution in [0.4, 0.5) is 0 Å². The van der Waals surface area contributed by atoms with Gasteiger partial charge in [0.05, 0.1) is 11.0 Å². The van der Waals surface area contributed by atoms with E-state index in [0.717, 1.165) is 46.5 Å². The molecule has 2 aromatic heterocycles. The lowest BCUT2D eigenvalue weighted by Crippen LogP contribution is -2.26. The van der Waals surface area contributed by atoms with E-state index in [-0.39, 0.29) is 29.6 Å². The smallest absolute Gasteiger partial charge is 0.153 e. The number of hydrogen-bond donors (Lipinski definition) is 2. The first-order valence-corrected chi connectivity index (χ1v) is 9.69. The molecule has 0 bridgehead atoms. The van der Waals surface area contributed by atoms with E-state index in [1.807, 2.05) is 42.5 Å². The van der Waals surface area contributed by atoms with Gasteiger partial charge in [-0.1, -0.05) is 35.5 Å². The summed E-state index contributed by atoms with van der Waals surface area (Å²) in [5.41, 5.74) is 11.2. The number of rotatable bonds is 5. The van der Waals surface area contributed by atoms with Gasteiger partial charge in [-0.25, -0.2) is 0 Å². The highest BCUT2D eigenvalue weighted by Gasteiger charge is 2.54. The minimum Gasteiger partial charge on any atom is -0.508 e. The Kier molecular flexibility index (Phi) is 5.33. The van der Waals surface area contributed by atoms with Crippen molar-refractivity contribution < 1.29 is 9.63 Å². The molecule has 0 aliphatic heterocycles. The summed E-state index contributed by atoms with van der Waals surface area (Å²) in [5.74, 6) is 1.05. The van der Waals surface area contributed by atoms with E-state index in [1.165, 1.54) is 0 Å². The number of phenols is 1. The number of benzene rings is 2. The van der Waals surface area contributed by atoms with Gasteiger partial charge in [0.1, 0.15) is 11.4 Å². The van der Waals surface area contributed by atoms with Crippen LogP contribution in [0.3, 0.4) is 0 Å². The standard InChI is InChI=1S/C24H21N3O2.ClH/c25-22(18-10-14-26-15-11-18)24(12-13-24)23-20(16-4-2-1-3-5-16)21(27-29-23)17-6-8-19(28)9-7-17;/h1-11,14-15,22,28H,12-13,25H2;1H. The van der Waals surface area contributed by atoms with Crippen LogP contribution in [0.25, 0.3) is 22.4 Å². The Hall–Kier alpha value is -3.15. The maximum Gasteiger partial charge on any atom is 0.153 e. The number of aromatic hydroxyl groups is 1. The zero-order valence-electron chi connectivity index (χ0n) is 16.2. The van der Waals surface area contributed by atoms with E-state index in [0.29, 0.717) is 0 Å². The SMILES string of the molecule is Cl.NC(c1ccncc1)C1(c2onc(-c3ccc(O)cc3)c2-c2ccccc2)CC1. The van der Waals surface area contributed by atoms with E-state index in [4.69, 9.17) is 10.3 Å². The van der Waals surface area contributed by atoms with Crippen molar-refractivity contribution >= 4 is 12.4 Å². The van der Waals surface area contributed by atoms with Crippen LogP contribution in [0.1, 0.15) is 30.2 Å². The Morgan fingerprint density at radius 3 is 2.20 bits per heavy atom. The Morgan fingerprint density at radius 2 is 1.57 bits per heavy atom. The normalized spacial score (nSPS) is 15.2. The third-order valence-corrected chi connectivity index (χ3v) is 5.80. The molecular weight excluding hydrogens is 398 g/mol. The predicted molar refractivity (Wildman–Crippen MR) is 118 cm³/mol. The van der Waals surface area contributed by atoms with Crippen LogP contribution in [-0.4, -0.2) is 15.2 Å². The van der Waals surface area contributed by atoms with Crippen molar-refractivity contribution in [3.8, 4) is 28.1 Å². The van der Waals surface area contributed by atoms with Crippen molar-refractivity contribution in [3.05, 3.63) is 90.4 Å². The van der Waals surface area contributed by atoms with E-state index in [2.05, 4.69) is 22.3 Å². The molecule has 1 aliphatic carbocycles. The predicted octanol–water partition coefficient (Wildman–Crippen LogP) is 5.26. The Balaban J connectivity index is 0.00000218. The first-order valence-electron chi connectivity index (χ1n) is 9.69. The Morgan fingerprint density at radius 1 is 0.900 bits per heavy atom. The Bertz CT molecular complexity index is 1120. The van der Waals surface area contributed by atoms with Crippen LogP contribution >= 0.6 is 12.4 Å². The summed E-state index contributed by atoms with van der Waals surface area (Å²) in [5, 5.41) is 14.1. The van der Waals surface area contributed by atoms with Crippen LogP contribution < -0.4 is 5.73 Å². The van der Waals surface area contributed by atoms with Crippen molar-refractivity contribution in [1.29, 1.82) is 0 Å². The van der Waals surface area contributed by atoms with Gasteiger partial charge in [-0.15, -0.1) is 12.4 Å². The lowest BCUT2D eigenvalue weighted by atomic mass is 9.84. The first kappa shape index (κ1) is 20.1. The fourth-order valence-corrected chi connectivity index (χ4v) is 4.02. The van der Waals surface area contributed by atoms with Crippen LogP contribution in [0.2, 0.25) is 0 Å². The highest BCUT2D eigenvalue weighted by Crippen LogP contribution is 2.58. The average Bonchev–Trinajstić information content (AvgIpc) is 3.46. The van der Waals surface area contributed by atoms with E-state index in [1.54, 1.807) is 24.5 Å². The molecule has 1 atom stereocenters. The van der Waals surface area contributed by atoms with Crippen LogP contribution in [0.15, 0.2) is 83.6 Å². The van der Waals surface area contributed by atoms with Crippen molar-refractivity contribution in [2.24, 2.45) is 5.73 Å². The van der Waals surface area contributed by atoms with Gasteiger partial charge < -0.3 is 15.4 Å².